The second-order valence-electron chi connectivity index (χ2n) is 2.51. The molecule has 0 spiro atoms. The van der Waals surface area contributed by atoms with Gasteiger partial charge in [-0.1, -0.05) is 15.9 Å². The zero-order chi connectivity index (χ0) is 9.46. The molecule has 4 heteroatoms. The van der Waals surface area contributed by atoms with Crippen LogP contribution in [0.4, 0.5) is 0 Å². The molecule has 0 bridgehead atoms. The fraction of sp³-hybridized carbons (Fsp3) is 0.250. The Kier molecular flexibility index (Phi) is 3.84. The van der Waals surface area contributed by atoms with Crippen molar-refractivity contribution >= 4 is 63.7 Å². The highest BCUT2D eigenvalue weighted by molar-refractivity contribution is 9.14. The van der Waals surface area contributed by atoms with E-state index < -0.39 is 0 Å². The summed E-state index contributed by atoms with van der Waals surface area (Å²) in [4.78, 5) is 0. The van der Waals surface area contributed by atoms with E-state index in [4.69, 9.17) is 0 Å². The Bertz CT molecular complexity index is 225. The molecule has 0 N–H and O–H groups in total. The summed E-state index contributed by atoms with van der Waals surface area (Å²) in [6.45, 7) is 4.14. The van der Waals surface area contributed by atoms with E-state index in [2.05, 4.69) is 77.6 Å². The maximum absolute atomic E-state index is 3.53. The minimum Gasteiger partial charge on any atom is -0.0502 e. The number of hydrogen-bond acceptors (Lipinski definition) is 0. The summed E-state index contributed by atoms with van der Waals surface area (Å²) >= 11 is 14.1. The molecule has 0 aliphatic rings. The molecule has 0 aliphatic carbocycles. The Balaban J connectivity index is 3.60. The maximum atomic E-state index is 3.53. The molecular formula is C8H6Br4. The van der Waals surface area contributed by atoms with E-state index in [0.717, 1.165) is 17.9 Å². The van der Waals surface area contributed by atoms with Crippen LogP contribution >= 0.6 is 63.7 Å². The smallest absolute Gasteiger partial charge is 0.0465 e. The van der Waals surface area contributed by atoms with Crippen LogP contribution in [0.3, 0.4) is 0 Å². The first-order valence-corrected chi connectivity index (χ1v) is 6.43. The molecule has 0 nitrogen and oxygen atoms in total. The molecule has 0 atom stereocenters. The van der Waals surface area contributed by atoms with Gasteiger partial charge in [0.05, 0.1) is 0 Å². The molecule has 1 aromatic rings. The number of halogens is 4. The SMILES string of the molecule is Cc1c(Br)c(C)c(Br)c(Br)c1Br. The van der Waals surface area contributed by atoms with Crippen LogP contribution in [0.15, 0.2) is 17.9 Å². The van der Waals surface area contributed by atoms with Crippen LogP contribution in [-0.2, 0) is 0 Å². The molecule has 0 saturated heterocycles. The molecule has 0 radical (unpaired) electrons. The Labute approximate surface area is 106 Å². The van der Waals surface area contributed by atoms with E-state index in [0.29, 0.717) is 0 Å². The van der Waals surface area contributed by atoms with Crippen molar-refractivity contribution in [2.75, 3.05) is 0 Å². The zero-order valence-electron chi connectivity index (χ0n) is 6.51. The number of benzene rings is 1. The third-order valence-corrected chi connectivity index (χ3v) is 6.73. The quantitative estimate of drug-likeness (QED) is 0.391. The first kappa shape index (κ1) is 11.2. The molecule has 0 fully saturated rings. The van der Waals surface area contributed by atoms with Crippen LogP contribution in [-0.4, -0.2) is 0 Å². The molecule has 1 rings (SSSR count). The lowest BCUT2D eigenvalue weighted by atomic mass is 10.2. The molecule has 1 aromatic carbocycles. The van der Waals surface area contributed by atoms with Crippen molar-refractivity contribution in [1.29, 1.82) is 0 Å². The lowest BCUT2D eigenvalue weighted by molar-refractivity contribution is 1.27. The van der Waals surface area contributed by atoms with Gasteiger partial charge >= 0.3 is 0 Å². The van der Waals surface area contributed by atoms with Crippen molar-refractivity contribution < 1.29 is 0 Å². The average Bonchev–Trinajstić information content (AvgIpc) is 2.08. The molecular weight excluding hydrogens is 416 g/mol. The van der Waals surface area contributed by atoms with Gasteiger partial charge in [0.25, 0.3) is 0 Å². The summed E-state index contributed by atoms with van der Waals surface area (Å²) in [6, 6.07) is 0. The Morgan fingerprint density at radius 3 is 1.25 bits per heavy atom. The zero-order valence-corrected chi connectivity index (χ0v) is 12.9. The predicted octanol–water partition coefficient (Wildman–Crippen LogP) is 5.35. The van der Waals surface area contributed by atoms with Gasteiger partial charge in [-0.3, -0.25) is 0 Å². The van der Waals surface area contributed by atoms with Crippen LogP contribution < -0.4 is 0 Å². The first-order valence-electron chi connectivity index (χ1n) is 3.26. The summed E-state index contributed by atoms with van der Waals surface area (Å²) in [6.07, 6.45) is 0. The first-order chi connectivity index (χ1) is 5.46. The fourth-order valence-corrected chi connectivity index (χ4v) is 3.48. The van der Waals surface area contributed by atoms with Gasteiger partial charge in [-0.15, -0.1) is 0 Å². The van der Waals surface area contributed by atoms with Gasteiger partial charge < -0.3 is 0 Å². The largest absolute Gasteiger partial charge is 0.0502 e. The molecule has 0 unspecified atom stereocenters. The van der Waals surface area contributed by atoms with Gasteiger partial charge in [-0.05, 0) is 72.8 Å². The molecule has 0 saturated carbocycles. The molecule has 0 heterocycles. The lowest BCUT2D eigenvalue weighted by Gasteiger charge is -2.10. The molecule has 0 amide bonds. The Morgan fingerprint density at radius 1 is 0.583 bits per heavy atom. The van der Waals surface area contributed by atoms with Crippen LogP contribution in [0.5, 0.6) is 0 Å². The molecule has 12 heavy (non-hydrogen) atoms. The minimum absolute atomic E-state index is 1.07. The van der Waals surface area contributed by atoms with Gasteiger partial charge in [0.1, 0.15) is 0 Å². The standard InChI is InChI=1S/C8H6Br4/c1-3-5(9)4(2)7(11)8(12)6(3)10/h1-2H3. The monoisotopic (exact) mass is 418 g/mol. The van der Waals surface area contributed by atoms with Crippen LogP contribution in [0.1, 0.15) is 11.1 Å². The van der Waals surface area contributed by atoms with Crippen molar-refractivity contribution in [2.24, 2.45) is 0 Å². The van der Waals surface area contributed by atoms with Gasteiger partial charge in [0.15, 0.2) is 0 Å². The summed E-state index contributed by atoms with van der Waals surface area (Å²) in [5, 5.41) is 0. The van der Waals surface area contributed by atoms with E-state index in [9.17, 15) is 0 Å². The van der Waals surface area contributed by atoms with Crippen molar-refractivity contribution in [3.05, 3.63) is 29.0 Å². The Hall–Kier alpha value is 1.14. The Morgan fingerprint density at radius 2 is 0.917 bits per heavy atom. The number of hydrogen-bond donors (Lipinski definition) is 0. The second kappa shape index (κ2) is 4.11. The third-order valence-electron chi connectivity index (χ3n) is 1.70. The average molecular weight is 422 g/mol. The molecule has 0 aromatic heterocycles. The highest BCUT2D eigenvalue weighted by Crippen LogP contribution is 2.40. The molecule has 0 aliphatic heterocycles. The summed E-state index contributed by atoms with van der Waals surface area (Å²) in [5.74, 6) is 0. The van der Waals surface area contributed by atoms with E-state index in [1.54, 1.807) is 0 Å². The second-order valence-corrected chi connectivity index (χ2v) is 5.68. The van der Waals surface area contributed by atoms with E-state index in [-0.39, 0.29) is 0 Å². The van der Waals surface area contributed by atoms with Crippen molar-refractivity contribution in [1.82, 2.24) is 0 Å². The summed E-state index contributed by atoms with van der Waals surface area (Å²) in [7, 11) is 0. The van der Waals surface area contributed by atoms with Gasteiger partial charge in [0.2, 0.25) is 0 Å². The fourth-order valence-electron chi connectivity index (χ4n) is 0.900. The van der Waals surface area contributed by atoms with E-state index in [1.807, 2.05) is 0 Å². The summed E-state index contributed by atoms with van der Waals surface area (Å²) in [5.41, 5.74) is 2.42. The predicted molar refractivity (Wildman–Crippen MR) is 66.7 cm³/mol. The van der Waals surface area contributed by atoms with Gasteiger partial charge in [-0.2, -0.15) is 0 Å². The molecule has 66 valence electrons. The van der Waals surface area contributed by atoms with Crippen molar-refractivity contribution in [3.63, 3.8) is 0 Å². The third kappa shape index (κ3) is 1.81. The van der Waals surface area contributed by atoms with Crippen molar-refractivity contribution in [3.8, 4) is 0 Å². The minimum atomic E-state index is 1.07. The number of rotatable bonds is 0. The van der Waals surface area contributed by atoms with E-state index >= 15 is 0 Å². The lowest BCUT2D eigenvalue weighted by Crippen LogP contribution is -1.87. The van der Waals surface area contributed by atoms with Gasteiger partial charge in [0, 0.05) is 17.9 Å². The maximum Gasteiger partial charge on any atom is 0.0465 e. The van der Waals surface area contributed by atoms with Crippen LogP contribution in [0.2, 0.25) is 0 Å². The normalized spacial score (nSPS) is 10.5. The summed E-state index contributed by atoms with van der Waals surface area (Å²) < 4.78 is 4.39. The highest BCUT2D eigenvalue weighted by atomic mass is 79.9. The van der Waals surface area contributed by atoms with Crippen LogP contribution in [0, 0.1) is 13.8 Å². The van der Waals surface area contributed by atoms with Crippen LogP contribution in [0.25, 0.3) is 0 Å². The van der Waals surface area contributed by atoms with E-state index in [1.165, 1.54) is 11.1 Å². The topological polar surface area (TPSA) is 0 Å². The van der Waals surface area contributed by atoms with Gasteiger partial charge in [-0.25, -0.2) is 0 Å². The highest BCUT2D eigenvalue weighted by Gasteiger charge is 2.12. The van der Waals surface area contributed by atoms with Crippen molar-refractivity contribution in [2.45, 2.75) is 13.8 Å².